The van der Waals surface area contributed by atoms with Crippen molar-refractivity contribution in [1.29, 1.82) is 0 Å². The molecule has 1 aromatic carbocycles. The molecular weight excluding hydrogens is 288 g/mol. The number of hydrogen-bond donors (Lipinski definition) is 1. The Bertz CT molecular complexity index is 1140. The number of nitrogens with one attached hydrogen (secondary N) is 1. The van der Waals surface area contributed by atoms with E-state index in [9.17, 15) is 4.79 Å². The van der Waals surface area contributed by atoms with E-state index < -0.39 is 0 Å². The summed E-state index contributed by atoms with van der Waals surface area (Å²) in [6.07, 6.45) is 5.15. The highest BCUT2D eigenvalue weighted by Crippen LogP contribution is 2.21. The van der Waals surface area contributed by atoms with Crippen LogP contribution in [0.1, 0.15) is 11.1 Å². The Morgan fingerprint density at radius 1 is 1.13 bits per heavy atom. The molecule has 3 heterocycles. The van der Waals surface area contributed by atoms with E-state index in [-0.39, 0.29) is 5.69 Å². The van der Waals surface area contributed by atoms with Crippen molar-refractivity contribution in [2.45, 2.75) is 0 Å². The molecule has 0 radical (unpaired) electrons. The fourth-order valence-electron chi connectivity index (χ4n) is 2.53. The van der Waals surface area contributed by atoms with Crippen LogP contribution in [0.2, 0.25) is 0 Å². The van der Waals surface area contributed by atoms with Crippen LogP contribution in [0.3, 0.4) is 0 Å². The first-order valence-electron chi connectivity index (χ1n) is 7.12. The Labute approximate surface area is 131 Å². The molecule has 0 saturated heterocycles. The lowest BCUT2D eigenvalue weighted by Gasteiger charge is -2.00. The van der Waals surface area contributed by atoms with Gasteiger partial charge >= 0.3 is 5.69 Å². The quantitative estimate of drug-likeness (QED) is 0.506. The maximum atomic E-state index is 11.8. The Kier molecular flexibility index (Phi) is 2.95. The van der Waals surface area contributed by atoms with E-state index in [1.54, 1.807) is 30.2 Å². The van der Waals surface area contributed by atoms with Gasteiger partial charge in [0.25, 0.3) is 0 Å². The van der Waals surface area contributed by atoms with Crippen LogP contribution in [0, 0.1) is 11.8 Å². The summed E-state index contributed by atoms with van der Waals surface area (Å²) in [5.41, 5.74) is 3.96. The molecular formula is C18H12N4O. The molecule has 0 atom stereocenters. The number of benzene rings is 1. The Hall–Kier alpha value is -3.39. The van der Waals surface area contributed by atoms with Gasteiger partial charge in [-0.3, -0.25) is 14.5 Å². The SMILES string of the molecule is Cn1c(=O)[nH]c2c3cc(C#Cc4cccnc4)ccc3ncc21. The number of imidazole rings is 1. The average Bonchev–Trinajstić information content (AvgIpc) is 2.89. The Morgan fingerprint density at radius 3 is 2.83 bits per heavy atom. The highest BCUT2D eigenvalue weighted by molar-refractivity contribution is 6.02. The lowest BCUT2D eigenvalue weighted by molar-refractivity contribution is 0.890. The number of pyridine rings is 2. The Morgan fingerprint density at radius 2 is 2.00 bits per heavy atom. The van der Waals surface area contributed by atoms with Gasteiger partial charge in [0, 0.05) is 36.0 Å². The van der Waals surface area contributed by atoms with Crippen LogP contribution in [-0.2, 0) is 7.05 Å². The summed E-state index contributed by atoms with van der Waals surface area (Å²) in [5.74, 6) is 6.20. The second-order valence-electron chi connectivity index (χ2n) is 5.23. The van der Waals surface area contributed by atoms with E-state index in [0.717, 1.165) is 33.1 Å². The minimum atomic E-state index is -0.152. The van der Waals surface area contributed by atoms with Crippen LogP contribution in [0.5, 0.6) is 0 Å². The monoisotopic (exact) mass is 300 g/mol. The summed E-state index contributed by atoms with van der Waals surface area (Å²) in [6.45, 7) is 0. The molecule has 1 N–H and O–H groups in total. The summed E-state index contributed by atoms with van der Waals surface area (Å²) >= 11 is 0. The standard InChI is InChI=1S/C18H12N4O/c1-22-16-11-20-15-7-6-12(4-5-13-3-2-8-19-10-13)9-14(15)17(16)21-18(22)23/h2-3,6-11H,1H3,(H,21,23). The van der Waals surface area contributed by atoms with Gasteiger partial charge in [0.1, 0.15) is 0 Å². The first-order valence-corrected chi connectivity index (χ1v) is 7.12. The summed E-state index contributed by atoms with van der Waals surface area (Å²) in [4.78, 5) is 23.2. The highest BCUT2D eigenvalue weighted by Gasteiger charge is 2.08. The fraction of sp³-hybridized carbons (Fsp3) is 0.0556. The van der Waals surface area contributed by atoms with Gasteiger partial charge in [-0.1, -0.05) is 11.8 Å². The van der Waals surface area contributed by atoms with Gasteiger partial charge in [-0.05, 0) is 30.3 Å². The van der Waals surface area contributed by atoms with Gasteiger partial charge < -0.3 is 4.98 Å². The maximum Gasteiger partial charge on any atom is 0.326 e. The van der Waals surface area contributed by atoms with Gasteiger partial charge in [-0.15, -0.1) is 0 Å². The molecule has 0 fully saturated rings. The normalized spacial score (nSPS) is 10.7. The number of fused-ring (bicyclic) bond motifs is 3. The van der Waals surface area contributed by atoms with Gasteiger partial charge in [0.15, 0.2) is 0 Å². The van der Waals surface area contributed by atoms with Gasteiger partial charge in [-0.2, -0.15) is 0 Å². The van der Waals surface area contributed by atoms with Crippen LogP contribution in [0.15, 0.2) is 53.7 Å². The minimum absolute atomic E-state index is 0.152. The average molecular weight is 300 g/mol. The van der Waals surface area contributed by atoms with Crippen LogP contribution in [0.4, 0.5) is 0 Å². The second kappa shape index (κ2) is 5.11. The zero-order chi connectivity index (χ0) is 15.8. The molecule has 0 unspecified atom stereocenters. The topological polar surface area (TPSA) is 63.6 Å². The zero-order valence-electron chi connectivity index (χ0n) is 12.4. The largest absolute Gasteiger partial charge is 0.326 e. The lowest BCUT2D eigenvalue weighted by Crippen LogP contribution is -2.11. The predicted molar refractivity (Wildman–Crippen MR) is 89.1 cm³/mol. The maximum absolute atomic E-state index is 11.8. The van der Waals surface area contributed by atoms with Crippen molar-refractivity contribution < 1.29 is 0 Å². The number of H-pyrrole nitrogens is 1. The molecule has 0 spiro atoms. The van der Waals surface area contributed by atoms with Gasteiger partial charge in [0.05, 0.1) is 22.7 Å². The molecule has 110 valence electrons. The third-order valence-electron chi connectivity index (χ3n) is 3.76. The molecule has 5 heteroatoms. The molecule has 0 bridgehead atoms. The molecule has 3 aromatic heterocycles. The molecule has 0 aliphatic heterocycles. The van der Waals surface area contributed by atoms with Crippen molar-refractivity contribution in [2.24, 2.45) is 7.05 Å². The summed E-state index contributed by atoms with van der Waals surface area (Å²) in [6, 6.07) is 9.55. The third-order valence-corrected chi connectivity index (χ3v) is 3.76. The number of nitrogens with zero attached hydrogens (tertiary/aromatic N) is 3. The predicted octanol–water partition coefficient (Wildman–Crippen LogP) is 2.21. The second-order valence-corrected chi connectivity index (χ2v) is 5.23. The van der Waals surface area contributed by atoms with E-state index in [1.165, 1.54) is 0 Å². The number of aromatic nitrogens is 4. The van der Waals surface area contributed by atoms with Crippen LogP contribution < -0.4 is 5.69 Å². The molecule has 0 saturated carbocycles. The van der Waals surface area contributed by atoms with E-state index in [2.05, 4.69) is 26.8 Å². The fourth-order valence-corrected chi connectivity index (χ4v) is 2.53. The molecule has 0 aliphatic carbocycles. The first-order chi connectivity index (χ1) is 11.2. The van der Waals surface area contributed by atoms with Crippen molar-refractivity contribution in [3.63, 3.8) is 0 Å². The van der Waals surface area contributed by atoms with Crippen molar-refractivity contribution in [3.8, 4) is 11.8 Å². The lowest BCUT2D eigenvalue weighted by atomic mass is 10.1. The molecule has 23 heavy (non-hydrogen) atoms. The molecule has 0 amide bonds. The molecule has 0 aliphatic rings. The van der Waals surface area contributed by atoms with E-state index in [0.29, 0.717) is 0 Å². The van der Waals surface area contributed by atoms with E-state index in [1.807, 2.05) is 30.3 Å². The van der Waals surface area contributed by atoms with Crippen LogP contribution in [0.25, 0.3) is 21.9 Å². The molecule has 4 rings (SSSR count). The number of aryl methyl sites for hydroxylation is 1. The van der Waals surface area contributed by atoms with Gasteiger partial charge in [-0.25, -0.2) is 4.79 Å². The van der Waals surface area contributed by atoms with Crippen molar-refractivity contribution in [2.75, 3.05) is 0 Å². The van der Waals surface area contributed by atoms with Crippen molar-refractivity contribution >= 4 is 21.9 Å². The first kappa shape index (κ1) is 13.3. The minimum Gasteiger partial charge on any atom is -0.305 e. The highest BCUT2D eigenvalue weighted by atomic mass is 16.1. The molecule has 5 nitrogen and oxygen atoms in total. The number of rotatable bonds is 0. The summed E-state index contributed by atoms with van der Waals surface area (Å²) < 4.78 is 1.55. The van der Waals surface area contributed by atoms with E-state index >= 15 is 0 Å². The summed E-state index contributed by atoms with van der Waals surface area (Å²) in [7, 11) is 1.72. The Balaban J connectivity index is 1.90. The number of hydrogen-bond acceptors (Lipinski definition) is 3. The van der Waals surface area contributed by atoms with Crippen molar-refractivity contribution in [3.05, 3.63) is 70.5 Å². The molecule has 4 aromatic rings. The smallest absolute Gasteiger partial charge is 0.305 e. The zero-order valence-corrected chi connectivity index (χ0v) is 12.4. The summed E-state index contributed by atoms with van der Waals surface area (Å²) in [5, 5.41) is 0.887. The van der Waals surface area contributed by atoms with E-state index in [4.69, 9.17) is 0 Å². The number of aromatic amines is 1. The van der Waals surface area contributed by atoms with Gasteiger partial charge in [0.2, 0.25) is 0 Å². The van der Waals surface area contributed by atoms with Crippen molar-refractivity contribution in [1.82, 2.24) is 19.5 Å². The van der Waals surface area contributed by atoms with Crippen LogP contribution >= 0.6 is 0 Å². The third kappa shape index (κ3) is 2.27. The van der Waals surface area contributed by atoms with Crippen LogP contribution in [-0.4, -0.2) is 19.5 Å².